The Morgan fingerprint density at radius 3 is 2.48 bits per heavy atom. The largest absolute Gasteiger partial charge is 0.481 e. The number of amides is 2. The van der Waals surface area contributed by atoms with E-state index in [-0.39, 0.29) is 24.4 Å². The van der Waals surface area contributed by atoms with E-state index in [0.717, 1.165) is 0 Å². The Bertz CT molecular complexity index is 782. The smallest absolute Gasteiger partial charge is 0.305 e. The molecule has 1 aromatic carbocycles. The second-order valence-corrected chi connectivity index (χ2v) is 4.94. The number of carboxylic acid groups (broad SMARTS) is 1. The Morgan fingerprint density at radius 2 is 1.88 bits per heavy atom. The third kappa shape index (κ3) is 5.61. The molecular formula is C17H15FN2O5. The van der Waals surface area contributed by atoms with Gasteiger partial charge < -0.3 is 20.2 Å². The van der Waals surface area contributed by atoms with Gasteiger partial charge in [-0.2, -0.15) is 0 Å². The second kappa shape index (κ2) is 8.44. The number of carbonyl (C=O) groups is 3. The maximum atomic E-state index is 13.0. The molecule has 2 aromatic rings. The van der Waals surface area contributed by atoms with Gasteiger partial charge in [-0.1, -0.05) is 12.1 Å². The van der Waals surface area contributed by atoms with Crippen LogP contribution in [0.2, 0.25) is 0 Å². The third-order valence-corrected chi connectivity index (χ3v) is 3.04. The van der Waals surface area contributed by atoms with E-state index >= 15 is 0 Å². The van der Waals surface area contributed by atoms with Crippen LogP contribution in [0.5, 0.6) is 0 Å². The van der Waals surface area contributed by atoms with Crippen LogP contribution in [0.1, 0.15) is 22.5 Å². The number of rotatable bonds is 7. The maximum Gasteiger partial charge on any atom is 0.305 e. The molecule has 1 heterocycles. The lowest BCUT2D eigenvalue weighted by molar-refractivity contribution is -0.136. The zero-order valence-electron chi connectivity index (χ0n) is 13.0. The number of furan rings is 1. The van der Waals surface area contributed by atoms with Crippen molar-refractivity contribution < 1.29 is 28.3 Å². The van der Waals surface area contributed by atoms with Gasteiger partial charge in [0.15, 0.2) is 5.76 Å². The van der Waals surface area contributed by atoms with E-state index in [0.29, 0.717) is 5.56 Å². The minimum absolute atomic E-state index is 0.00309. The van der Waals surface area contributed by atoms with Gasteiger partial charge in [0.05, 0.1) is 12.7 Å². The minimum atomic E-state index is -1.07. The fourth-order valence-corrected chi connectivity index (χ4v) is 1.85. The molecule has 0 bridgehead atoms. The molecule has 0 saturated carbocycles. The Hall–Kier alpha value is -3.42. The highest BCUT2D eigenvalue weighted by atomic mass is 19.1. The molecule has 0 saturated heterocycles. The molecule has 25 heavy (non-hydrogen) atoms. The van der Waals surface area contributed by atoms with Crippen molar-refractivity contribution in [1.82, 2.24) is 10.6 Å². The topological polar surface area (TPSA) is 109 Å². The number of halogens is 1. The molecule has 0 spiro atoms. The van der Waals surface area contributed by atoms with Crippen molar-refractivity contribution in [3.05, 3.63) is 65.5 Å². The number of carboxylic acids is 1. The first kappa shape index (κ1) is 17.9. The fraction of sp³-hybridized carbons (Fsp3) is 0.118. The number of hydrogen-bond acceptors (Lipinski definition) is 4. The number of carbonyl (C=O) groups excluding carboxylic acids is 2. The van der Waals surface area contributed by atoms with Gasteiger partial charge in [-0.3, -0.25) is 14.4 Å². The van der Waals surface area contributed by atoms with Gasteiger partial charge in [-0.05, 0) is 35.9 Å². The minimum Gasteiger partial charge on any atom is -0.481 e. The summed E-state index contributed by atoms with van der Waals surface area (Å²) in [6.07, 6.45) is 2.39. The Morgan fingerprint density at radius 1 is 1.16 bits per heavy atom. The predicted molar refractivity (Wildman–Crippen MR) is 85.8 cm³/mol. The highest BCUT2D eigenvalue weighted by molar-refractivity contribution is 6.04. The van der Waals surface area contributed by atoms with Gasteiger partial charge in [0.25, 0.3) is 11.8 Å². The lowest BCUT2D eigenvalue weighted by Gasteiger charge is -2.09. The standard InChI is InChI=1S/C17H15FN2O5/c18-12-5-3-11(4-6-12)10-13(16(23)19-8-7-15(21)22)20-17(24)14-2-1-9-25-14/h1-6,9-10H,7-8H2,(H,19,23)(H,20,24)(H,21,22). The summed E-state index contributed by atoms with van der Waals surface area (Å²) in [5.74, 6) is -2.83. The summed E-state index contributed by atoms with van der Waals surface area (Å²) in [6, 6.07) is 8.22. The van der Waals surface area contributed by atoms with Crippen LogP contribution in [0, 0.1) is 5.82 Å². The Labute approximate surface area is 142 Å². The van der Waals surface area contributed by atoms with Crippen LogP contribution in [0.4, 0.5) is 4.39 Å². The lowest BCUT2D eigenvalue weighted by atomic mass is 10.2. The van der Waals surface area contributed by atoms with Crippen LogP contribution in [-0.4, -0.2) is 29.4 Å². The molecule has 0 aliphatic heterocycles. The Kier molecular flexibility index (Phi) is 6.05. The molecule has 3 N–H and O–H groups in total. The van der Waals surface area contributed by atoms with E-state index in [2.05, 4.69) is 10.6 Å². The van der Waals surface area contributed by atoms with E-state index in [9.17, 15) is 18.8 Å². The second-order valence-electron chi connectivity index (χ2n) is 4.94. The quantitative estimate of drug-likeness (QED) is 0.662. The van der Waals surface area contributed by atoms with Gasteiger partial charge in [0.2, 0.25) is 0 Å². The SMILES string of the molecule is O=C(O)CCNC(=O)C(=Cc1ccc(F)cc1)NC(=O)c1ccco1. The number of aliphatic carboxylic acids is 1. The molecule has 0 fully saturated rings. The van der Waals surface area contributed by atoms with Crippen molar-refractivity contribution in [2.75, 3.05) is 6.54 Å². The zero-order chi connectivity index (χ0) is 18.2. The first-order valence-electron chi connectivity index (χ1n) is 7.28. The monoisotopic (exact) mass is 346 g/mol. The summed E-state index contributed by atoms with van der Waals surface area (Å²) in [5, 5.41) is 13.4. The van der Waals surface area contributed by atoms with Crippen LogP contribution in [0.25, 0.3) is 6.08 Å². The van der Waals surface area contributed by atoms with Crippen LogP contribution in [-0.2, 0) is 9.59 Å². The molecule has 0 aliphatic rings. The Balaban J connectivity index is 2.17. The lowest BCUT2D eigenvalue weighted by Crippen LogP contribution is -2.35. The van der Waals surface area contributed by atoms with Crippen LogP contribution < -0.4 is 10.6 Å². The van der Waals surface area contributed by atoms with Crippen molar-refractivity contribution in [2.24, 2.45) is 0 Å². The van der Waals surface area contributed by atoms with Crippen molar-refractivity contribution in [3.8, 4) is 0 Å². The molecule has 8 heteroatoms. The molecule has 1 aromatic heterocycles. The molecular weight excluding hydrogens is 331 g/mol. The molecule has 0 aliphatic carbocycles. The maximum absolute atomic E-state index is 13.0. The highest BCUT2D eigenvalue weighted by Gasteiger charge is 2.16. The summed E-state index contributed by atoms with van der Waals surface area (Å²) in [4.78, 5) is 34.8. The molecule has 2 amide bonds. The molecule has 0 atom stereocenters. The first-order chi connectivity index (χ1) is 12.0. The van der Waals surface area contributed by atoms with Crippen molar-refractivity contribution in [2.45, 2.75) is 6.42 Å². The van der Waals surface area contributed by atoms with E-state index in [1.807, 2.05) is 0 Å². The highest BCUT2D eigenvalue weighted by Crippen LogP contribution is 2.09. The third-order valence-electron chi connectivity index (χ3n) is 3.04. The zero-order valence-corrected chi connectivity index (χ0v) is 13.0. The van der Waals surface area contributed by atoms with Crippen LogP contribution >= 0.6 is 0 Å². The van der Waals surface area contributed by atoms with Gasteiger partial charge in [0, 0.05) is 6.54 Å². The van der Waals surface area contributed by atoms with E-state index in [1.165, 1.54) is 48.7 Å². The average Bonchev–Trinajstić information content (AvgIpc) is 3.10. The summed E-state index contributed by atoms with van der Waals surface area (Å²) in [5.41, 5.74) is 0.350. The molecule has 0 unspecified atom stereocenters. The van der Waals surface area contributed by atoms with Crippen LogP contribution in [0.15, 0.2) is 52.8 Å². The number of nitrogens with one attached hydrogen (secondary N) is 2. The van der Waals surface area contributed by atoms with Crippen molar-refractivity contribution in [1.29, 1.82) is 0 Å². The predicted octanol–water partition coefficient (Wildman–Crippen LogP) is 1.78. The van der Waals surface area contributed by atoms with Crippen LogP contribution in [0.3, 0.4) is 0 Å². The molecule has 7 nitrogen and oxygen atoms in total. The number of hydrogen-bond donors (Lipinski definition) is 3. The van der Waals surface area contributed by atoms with E-state index < -0.39 is 23.6 Å². The normalized spacial score (nSPS) is 11.0. The van der Waals surface area contributed by atoms with Gasteiger partial charge in [0.1, 0.15) is 11.5 Å². The van der Waals surface area contributed by atoms with Gasteiger partial charge in [-0.25, -0.2) is 4.39 Å². The van der Waals surface area contributed by atoms with E-state index in [1.54, 1.807) is 0 Å². The molecule has 0 radical (unpaired) electrons. The molecule has 130 valence electrons. The first-order valence-corrected chi connectivity index (χ1v) is 7.28. The average molecular weight is 346 g/mol. The van der Waals surface area contributed by atoms with Gasteiger partial charge in [-0.15, -0.1) is 0 Å². The summed E-state index contributed by atoms with van der Waals surface area (Å²) < 4.78 is 17.9. The number of benzene rings is 1. The molecule has 2 rings (SSSR count). The fourth-order valence-electron chi connectivity index (χ4n) is 1.85. The van der Waals surface area contributed by atoms with Gasteiger partial charge >= 0.3 is 5.97 Å². The van der Waals surface area contributed by atoms with E-state index in [4.69, 9.17) is 9.52 Å². The summed E-state index contributed by atoms with van der Waals surface area (Å²) in [6.45, 7) is -0.106. The summed E-state index contributed by atoms with van der Waals surface area (Å²) in [7, 11) is 0. The summed E-state index contributed by atoms with van der Waals surface area (Å²) >= 11 is 0. The van der Waals surface area contributed by atoms with Crippen molar-refractivity contribution in [3.63, 3.8) is 0 Å². The van der Waals surface area contributed by atoms with Crippen molar-refractivity contribution >= 4 is 23.9 Å².